The molecule has 1 amide bonds. The van der Waals surface area contributed by atoms with E-state index in [2.05, 4.69) is 28.4 Å². The molecule has 0 radical (unpaired) electrons. The molecule has 1 N–H and O–H groups in total. The van der Waals surface area contributed by atoms with E-state index in [1.54, 1.807) is 0 Å². The monoisotopic (exact) mass is 312 g/mol. The Labute approximate surface area is 139 Å². The van der Waals surface area contributed by atoms with E-state index >= 15 is 0 Å². The number of hydrogen-bond acceptors (Lipinski definition) is 2. The molecule has 3 nitrogen and oxygen atoms in total. The average molecular weight is 312 g/mol. The molecule has 0 aromatic heterocycles. The summed E-state index contributed by atoms with van der Waals surface area (Å²) in [6.45, 7) is 2.22. The Morgan fingerprint density at radius 3 is 2.48 bits per heavy atom. The predicted octanol–water partition coefficient (Wildman–Crippen LogP) is 4.44. The lowest BCUT2D eigenvalue weighted by Gasteiger charge is -2.27. The van der Waals surface area contributed by atoms with Crippen molar-refractivity contribution in [2.75, 3.05) is 23.3 Å². The minimum Gasteiger partial charge on any atom is -0.370 e. The lowest BCUT2D eigenvalue weighted by Crippen LogP contribution is -2.29. The quantitative estimate of drug-likeness (QED) is 0.895. The van der Waals surface area contributed by atoms with Gasteiger partial charge in [0, 0.05) is 19.0 Å². The van der Waals surface area contributed by atoms with Crippen LogP contribution in [-0.4, -0.2) is 19.0 Å². The largest absolute Gasteiger partial charge is 0.370 e. The van der Waals surface area contributed by atoms with E-state index < -0.39 is 0 Å². The van der Waals surface area contributed by atoms with Crippen LogP contribution in [-0.2, 0) is 4.79 Å². The topological polar surface area (TPSA) is 32.3 Å². The standard InChI is InChI=1S/C20H28N2O/c23-20(17-14-15-9-10-16(17)13-15)21-18-7-3-4-8-19(18)22-11-5-1-2-6-12-22/h3-4,7-8,15-17H,1-2,5-6,9-14H2,(H,21,23). The van der Waals surface area contributed by atoms with Gasteiger partial charge in [0.25, 0.3) is 0 Å². The van der Waals surface area contributed by atoms with Crippen LogP contribution in [0.5, 0.6) is 0 Å². The van der Waals surface area contributed by atoms with Crippen LogP contribution < -0.4 is 10.2 Å². The zero-order valence-corrected chi connectivity index (χ0v) is 14.0. The Balaban J connectivity index is 1.49. The van der Waals surface area contributed by atoms with Gasteiger partial charge >= 0.3 is 0 Å². The van der Waals surface area contributed by atoms with E-state index in [0.717, 1.165) is 31.1 Å². The molecular formula is C20H28N2O. The Kier molecular flexibility index (Phi) is 4.28. The van der Waals surface area contributed by atoms with Crippen LogP contribution in [0, 0.1) is 17.8 Å². The van der Waals surface area contributed by atoms with Gasteiger partial charge in [-0.1, -0.05) is 31.4 Å². The van der Waals surface area contributed by atoms with Gasteiger partial charge in [0.05, 0.1) is 11.4 Å². The van der Waals surface area contributed by atoms with Crippen LogP contribution in [0.4, 0.5) is 11.4 Å². The fourth-order valence-electron chi connectivity index (χ4n) is 4.96. The van der Waals surface area contributed by atoms with Gasteiger partial charge in [0.15, 0.2) is 0 Å². The van der Waals surface area contributed by atoms with Crippen molar-refractivity contribution in [2.24, 2.45) is 17.8 Å². The molecule has 3 heteroatoms. The van der Waals surface area contributed by atoms with E-state index in [9.17, 15) is 4.79 Å². The maximum atomic E-state index is 12.8. The zero-order valence-electron chi connectivity index (χ0n) is 14.0. The summed E-state index contributed by atoms with van der Waals surface area (Å²) in [6.07, 6.45) is 10.2. The second-order valence-electron chi connectivity index (χ2n) is 7.69. The van der Waals surface area contributed by atoms with Crippen molar-refractivity contribution in [1.82, 2.24) is 0 Å². The number of nitrogens with zero attached hydrogens (tertiary/aromatic N) is 1. The number of carbonyl (C=O) groups is 1. The molecule has 1 heterocycles. The van der Waals surface area contributed by atoms with Crippen LogP contribution in [0.15, 0.2) is 24.3 Å². The first-order valence-corrected chi connectivity index (χ1v) is 9.46. The number of amides is 1. The summed E-state index contributed by atoms with van der Waals surface area (Å²) in [7, 11) is 0. The van der Waals surface area contributed by atoms with Gasteiger partial charge in [-0.05, 0) is 56.1 Å². The van der Waals surface area contributed by atoms with Crippen molar-refractivity contribution in [3.8, 4) is 0 Å². The van der Waals surface area contributed by atoms with Crippen molar-refractivity contribution in [2.45, 2.75) is 51.4 Å². The predicted molar refractivity (Wildman–Crippen MR) is 94.7 cm³/mol. The second-order valence-corrected chi connectivity index (χ2v) is 7.69. The minimum atomic E-state index is 0.255. The van der Waals surface area contributed by atoms with E-state index in [4.69, 9.17) is 0 Å². The van der Waals surface area contributed by atoms with E-state index in [1.807, 2.05) is 6.07 Å². The molecule has 124 valence electrons. The zero-order chi connectivity index (χ0) is 15.6. The van der Waals surface area contributed by atoms with Crippen LogP contribution in [0.25, 0.3) is 0 Å². The van der Waals surface area contributed by atoms with E-state index in [-0.39, 0.29) is 11.8 Å². The summed E-state index contributed by atoms with van der Waals surface area (Å²) in [5.41, 5.74) is 2.23. The molecule has 3 fully saturated rings. The summed E-state index contributed by atoms with van der Waals surface area (Å²) in [5, 5.41) is 3.27. The lowest BCUT2D eigenvalue weighted by atomic mass is 9.88. The third kappa shape index (κ3) is 3.11. The summed E-state index contributed by atoms with van der Waals surface area (Å²) in [6, 6.07) is 8.37. The highest BCUT2D eigenvalue weighted by Crippen LogP contribution is 2.48. The molecular weight excluding hydrogens is 284 g/mol. The van der Waals surface area contributed by atoms with Gasteiger partial charge < -0.3 is 10.2 Å². The summed E-state index contributed by atoms with van der Waals surface area (Å²) in [5.74, 6) is 1.98. The fraction of sp³-hybridized carbons (Fsp3) is 0.650. The van der Waals surface area contributed by atoms with Gasteiger partial charge in [-0.2, -0.15) is 0 Å². The van der Waals surface area contributed by atoms with Crippen LogP contribution in [0.3, 0.4) is 0 Å². The molecule has 23 heavy (non-hydrogen) atoms. The smallest absolute Gasteiger partial charge is 0.227 e. The van der Waals surface area contributed by atoms with Crippen molar-refractivity contribution in [3.63, 3.8) is 0 Å². The first-order valence-electron chi connectivity index (χ1n) is 9.46. The molecule has 0 spiro atoms. The maximum Gasteiger partial charge on any atom is 0.227 e. The molecule has 3 aliphatic rings. The molecule has 2 aliphatic carbocycles. The first-order chi connectivity index (χ1) is 11.3. The molecule has 1 aromatic rings. The molecule has 3 unspecified atom stereocenters. The fourth-order valence-corrected chi connectivity index (χ4v) is 4.96. The Hall–Kier alpha value is -1.51. The number of benzene rings is 1. The van der Waals surface area contributed by atoms with Gasteiger partial charge in [0.2, 0.25) is 5.91 Å². The van der Waals surface area contributed by atoms with Crippen LogP contribution >= 0.6 is 0 Å². The highest BCUT2D eigenvalue weighted by Gasteiger charge is 2.43. The highest BCUT2D eigenvalue weighted by atomic mass is 16.1. The molecule has 1 aromatic carbocycles. The Bertz CT molecular complexity index is 563. The van der Waals surface area contributed by atoms with Crippen LogP contribution in [0.1, 0.15) is 51.4 Å². The number of rotatable bonds is 3. The van der Waals surface area contributed by atoms with Gasteiger partial charge in [-0.15, -0.1) is 0 Å². The van der Waals surface area contributed by atoms with Crippen molar-refractivity contribution in [1.29, 1.82) is 0 Å². The number of anilines is 2. The normalized spacial score (nSPS) is 30.3. The summed E-state index contributed by atoms with van der Waals surface area (Å²) >= 11 is 0. The third-order valence-electron chi connectivity index (χ3n) is 6.18. The van der Waals surface area contributed by atoms with Crippen molar-refractivity contribution < 1.29 is 4.79 Å². The number of carbonyl (C=O) groups excluding carboxylic acids is 1. The number of nitrogens with one attached hydrogen (secondary N) is 1. The van der Waals surface area contributed by atoms with Crippen molar-refractivity contribution in [3.05, 3.63) is 24.3 Å². The molecule has 4 rings (SSSR count). The second kappa shape index (κ2) is 6.54. The molecule has 2 bridgehead atoms. The van der Waals surface area contributed by atoms with Gasteiger partial charge in [-0.25, -0.2) is 0 Å². The average Bonchev–Trinajstić information content (AvgIpc) is 3.10. The molecule has 2 saturated carbocycles. The van der Waals surface area contributed by atoms with Gasteiger partial charge in [-0.3, -0.25) is 4.79 Å². The molecule has 3 atom stereocenters. The van der Waals surface area contributed by atoms with Crippen LogP contribution in [0.2, 0.25) is 0 Å². The Morgan fingerprint density at radius 2 is 1.78 bits per heavy atom. The summed E-state index contributed by atoms with van der Waals surface area (Å²) in [4.78, 5) is 15.2. The minimum absolute atomic E-state index is 0.255. The number of fused-ring (bicyclic) bond motifs is 2. The van der Waals surface area contributed by atoms with Gasteiger partial charge in [0.1, 0.15) is 0 Å². The van der Waals surface area contributed by atoms with E-state index in [1.165, 1.54) is 50.6 Å². The van der Waals surface area contributed by atoms with E-state index in [0.29, 0.717) is 5.92 Å². The van der Waals surface area contributed by atoms with Crippen molar-refractivity contribution >= 4 is 17.3 Å². The summed E-state index contributed by atoms with van der Waals surface area (Å²) < 4.78 is 0. The molecule has 1 saturated heterocycles. The Morgan fingerprint density at radius 1 is 1.00 bits per heavy atom. The number of hydrogen-bond donors (Lipinski definition) is 1. The molecule has 1 aliphatic heterocycles. The SMILES string of the molecule is O=C(Nc1ccccc1N1CCCCCC1)C1CC2CCC1C2. The first kappa shape index (κ1) is 15.0. The highest BCUT2D eigenvalue weighted by molar-refractivity contribution is 5.96. The number of para-hydroxylation sites is 2. The third-order valence-corrected chi connectivity index (χ3v) is 6.18. The maximum absolute atomic E-state index is 12.8. The lowest BCUT2D eigenvalue weighted by molar-refractivity contribution is -0.121.